The van der Waals surface area contributed by atoms with Gasteiger partial charge in [0.1, 0.15) is 12.2 Å². The molecule has 0 saturated heterocycles. The lowest BCUT2D eigenvalue weighted by atomic mass is 9.96. The molecule has 1 fully saturated rings. The number of halogens is 1. The fraction of sp³-hybridized carbons (Fsp3) is 0.500. The highest BCUT2D eigenvalue weighted by molar-refractivity contribution is 9.10. The minimum Gasteiger partial charge on any atom is -0.356 e. The molecule has 1 saturated carbocycles. The average molecular weight is 403 g/mol. The van der Waals surface area contributed by atoms with Crippen LogP contribution in [0.25, 0.3) is 0 Å². The summed E-state index contributed by atoms with van der Waals surface area (Å²) in [7, 11) is 1.83. The van der Waals surface area contributed by atoms with E-state index in [-0.39, 0.29) is 5.41 Å². The van der Waals surface area contributed by atoms with E-state index in [2.05, 4.69) is 65.9 Å². The number of aromatic nitrogens is 3. The maximum absolute atomic E-state index is 4.41. The van der Waals surface area contributed by atoms with Gasteiger partial charge >= 0.3 is 0 Å². The maximum Gasteiger partial charge on any atom is 0.191 e. The molecule has 6 nitrogen and oxygen atoms in total. The first-order valence-electron chi connectivity index (χ1n) is 8.78. The molecular weight excluding hydrogens is 380 g/mol. The van der Waals surface area contributed by atoms with E-state index in [9.17, 15) is 0 Å². The van der Waals surface area contributed by atoms with Crippen LogP contribution in [0.15, 0.2) is 40.1 Å². The molecule has 132 valence electrons. The van der Waals surface area contributed by atoms with Gasteiger partial charge < -0.3 is 10.6 Å². The van der Waals surface area contributed by atoms with E-state index >= 15 is 0 Å². The Labute approximate surface area is 156 Å². The minimum atomic E-state index is 0.243. The lowest BCUT2D eigenvalue weighted by Gasteiger charge is -2.26. The Morgan fingerprint density at radius 2 is 2.32 bits per heavy atom. The van der Waals surface area contributed by atoms with Crippen LogP contribution >= 0.6 is 15.9 Å². The first-order chi connectivity index (χ1) is 12.2. The van der Waals surface area contributed by atoms with Crippen LogP contribution in [-0.4, -0.2) is 40.4 Å². The molecule has 25 heavy (non-hydrogen) atoms. The van der Waals surface area contributed by atoms with Gasteiger partial charge in [0.25, 0.3) is 0 Å². The van der Waals surface area contributed by atoms with E-state index in [1.807, 2.05) is 11.7 Å². The first-order valence-corrected chi connectivity index (χ1v) is 9.58. The fourth-order valence-electron chi connectivity index (χ4n) is 3.53. The largest absolute Gasteiger partial charge is 0.356 e. The van der Waals surface area contributed by atoms with Gasteiger partial charge in [-0.25, -0.2) is 9.67 Å². The predicted octanol–water partition coefficient (Wildman–Crippen LogP) is 2.25. The van der Waals surface area contributed by atoms with Crippen molar-refractivity contribution in [2.24, 2.45) is 4.99 Å². The Kier molecular flexibility index (Phi) is 4.50. The van der Waals surface area contributed by atoms with E-state index in [1.54, 1.807) is 6.33 Å². The zero-order valence-electron chi connectivity index (χ0n) is 14.4. The summed E-state index contributed by atoms with van der Waals surface area (Å²) in [6.45, 7) is 1.75. The lowest BCUT2D eigenvalue weighted by Crippen LogP contribution is -2.48. The lowest BCUT2D eigenvalue weighted by molar-refractivity contribution is 0.392. The summed E-state index contributed by atoms with van der Waals surface area (Å²) >= 11 is 3.58. The number of nitrogens with zero attached hydrogens (tertiary/aromatic N) is 4. The van der Waals surface area contributed by atoms with Crippen molar-refractivity contribution in [3.8, 4) is 0 Å². The van der Waals surface area contributed by atoms with E-state index < -0.39 is 0 Å². The van der Waals surface area contributed by atoms with Crippen molar-refractivity contribution in [1.82, 2.24) is 25.4 Å². The SMILES string of the molecule is CN=C(NCC1(c2cccc(Br)c2)CC1)NC1CCc2ncnn2C1. The summed E-state index contributed by atoms with van der Waals surface area (Å²) in [6, 6.07) is 8.99. The van der Waals surface area contributed by atoms with Gasteiger partial charge in [-0.3, -0.25) is 4.99 Å². The number of aliphatic imine (C=N–C) groups is 1. The standard InChI is InChI=1S/C18H23BrN6/c1-20-17(24-15-5-6-16-22-12-23-25(16)10-15)21-11-18(7-8-18)13-3-2-4-14(19)9-13/h2-4,9,12,15H,5-8,10-11H2,1H3,(H2,20,21,24). The van der Waals surface area contributed by atoms with Crippen molar-refractivity contribution in [3.05, 3.63) is 46.5 Å². The van der Waals surface area contributed by atoms with E-state index in [1.165, 1.54) is 18.4 Å². The zero-order valence-corrected chi connectivity index (χ0v) is 16.0. The molecule has 1 unspecified atom stereocenters. The van der Waals surface area contributed by atoms with Gasteiger partial charge in [0.05, 0.1) is 6.54 Å². The third kappa shape index (κ3) is 3.56. The normalized spacial score (nSPS) is 21.5. The van der Waals surface area contributed by atoms with Crippen LogP contribution in [0, 0.1) is 0 Å². The number of guanidine groups is 1. The van der Waals surface area contributed by atoms with Crippen molar-refractivity contribution in [1.29, 1.82) is 0 Å². The number of aryl methyl sites for hydroxylation is 1. The molecule has 0 bridgehead atoms. The smallest absolute Gasteiger partial charge is 0.191 e. The topological polar surface area (TPSA) is 67.1 Å². The number of hydrogen-bond acceptors (Lipinski definition) is 3. The molecule has 7 heteroatoms. The van der Waals surface area contributed by atoms with E-state index in [0.717, 1.165) is 42.2 Å². The van der Waals surface area contributed by atoms with Crippen LogP contribution in [0.2, 0.25) is 0 Å². The second-order valence-corrected chi connectivity index (χ2v) is 7.87. The molecule has 0 radical (unpaired) electrons. The Morgan fingerprint density at radius 1 is 1.44 bits per heavy atom. The zero-order chi connectivity index (χ0) is 17.3. The molecule has 1 atom stereocenters. The summed E-state index contributed by atoms with van der Waals surface area (Å²) in [5.41, 5.74) is 1.64. The van der Waals surface area contributed by atoms with Crippen LogP contribution in [-0.2, 0) is 18.4 Å². The highest BCUT2D eigenvalue weighted by Gasteiger charge is 2.44. The number of nitrogens with one attached hydrogen (secondary N) is 2. The summed E-state index contributed by atoms with van der Waals surface area (Å²) < 4.78 is 3.13. The molecule has 4 rings (SSSR count). The third-order valence-electron chi connectivity index (χ3n) is 5.25. The number of hydrogen-bond donors (Lipinski definition) is 2. The molecule has 2 heterocycles. The highest BCUT2D eigenvalue weighted by atomic mass is 79.9. The molecule has 2 aliphatic rings. The van der Waals surface area contributed by atoms with Gasteiger partial charge in [-0.05, 0) is 37.0 Å². The third-order valence-corrected chi connectivity index (χ3v) is 5.75. The van der Waals surface area contributed by atoms with Crippen molar-refractivity contribution < 1.29 is 0 Å². The number of rotatable bonds is 4. The van der Waals surface area contributed by atoms with Gasteiger partial charge in [0.15, 0.2) is 5.96 Å². The molecule has 1 aliphatic carbocycles. The highest BCUT2D eigenvalue weighted by Crippen LogP contribution is 2.48. The second kappa shape index (κ2) is 6.78. The van der Waals surface area contributed by atoms with Crippen LogP contribution < -0.4 is 10.6 Å². The van der Waals surface area contributed by atoms with Crippen molar-refractivity contribution in [2.75, 3.05) is 13.6 Å². The predicted molar refractivity (Wildman–Crippen MR) is 102 cm³/mol. The summed E-state index contributed by atoms with van der Waals surface area (Å²) in [4.78, 5) is 8.69. The van der Waals surface area contributed by atoms with Gasteiger partial charge in [-0.15, -0.1) is 0 Å². The molecule has 0 amide bonds. The fourth-order valence-corrected chi connectivity index (χ4v) is 3.93. The van der Waals surface area contributed by atoms with Crippen LogP contribution in [0.3, 0.4) is 0 Å². The van der Waals surface area contributed by atoms with Gasteiger partial charge in [-0.1, -0.05) is 28.1 Å². The molecule has 1 aromatic heterocycles. The van der Waals surface area contributed by atoms with E-state index in [0.29, 0.717) is 6.04 Å². The van der Waals surface area contributed by atoms with Gasteiger partial charge in [0, 0.05) is 35.9 Å². The molecule has 1 aromatic carbocycles. The summed E-state index contributed by atoms with van der Waals surface area (Å²) in [6.07, 6.45) is 6.09. The molecule has 0 spiro atoms. The molecule has 2 N–H and O–H groups in total. The monoisotopic (exact) mass is 402 g/mol. The Balaban J connectivity index is 1.36. The second-order valence-electron chi connectivity index (χ2n) is 6.95. The Morgan fingerprint density at radius 3 is 3.08 bits per heavy atom. The van der Waals surface area contributed by atoms with E-state index in [4.69, 9.17) is 0 Å². The average Bonchev–Trinajstić information content (AvgIpc) is 3.28. The Bertz CT molecular complexity index is 779. The minimum absolute atomic E-state index is 0.243. The molecular formula is C18H23BrN6. The Hall–Kier alpha value is -1.89. The van der Waals surface area contributed by atoms with Crippen molar-refractivity contribution in [2.45, 2.75) is 43.7 Å². The number of fused-ring (bicyclic) bond motifs is 1. The quantitative estimate of drug-likeness (QED) is 0.607. The molecule has 2 aromatic rings. The first kappa shape index (κ1) is 16.6. The summed E-state index contributed by atoms with van der Waals surface area (Å²) in [5, 5.41) is 11.4. The van der Waals surface area contributed by atoms with Crippen LogP contribution in [0.5, 0.6) is 0 Å². The van der Waals surface area contributed by atoms with Crippen LogP contribution in [0.1, 0.15) is 30.7 Å². The summed E-state index contributed by atoms with van der Waals surface area (Å²) in [5.74, 6) is 1.95. The van der Waals surface area contributed by atoms with Gasteiger partial charge in [-0.2, -0.15) is 5.10 Å². The van der Waals surface area contributed by atoms with Crippen molar-refractivity contribution in [3.63, 3.8) is 0 Å². The maximum atomic E-state index is 4.41. The van der Waals surface area contributed by atoms with Gasteiger partial charge in [0.2, 0.25) is 0 Å². The number of benzene rings is 1. The molecule has 1 aliphatic heterocycles. The van der Waals surface area contributed by atoms with Crippen LogP contribution in [0.4, 0.5) is 0 Å². The van der Waals surface area contributed by atoms with Crippen molar-refractivity contribution >= 4 is 21.9 Å².